The van der Waals surface area contributed by atoms with Gasteiger partial charge in [0.15, 0.2) is 0 Å². The van der Waals surface area contributed by atoms with Crippen LogP contribution >= 0.6 is 0 Å². The minimum Gasteiger partial charge on any atom is -0.349 e. The van der Waals surface area contributed by atoms with Gasteiger partial charge in [-0.15, -0.1) is 0 Å². The first-order valence-corrected chi connectivity index (χ1v) is 15.3. The molecule has 2 aliphatic rings. The summed E-state index contributed by atoms with van der Waals surface area (Å²) in [4.78, 5) is 14.1. The van der Waals surface area contributed by atoms with Crippen LogP contribution in [0.3, 0.4) is 0 Å². The summed E-state index contributed by atoms with van der Waals surface area (Å²) < 4.78 is 107. The fourth-order valence-corrected chi connectivity index (χ4v) is 6.63. The lowest BCUT2D eigenvalue weighted by atomic mass is 9.86. The summed E-state index contributed by atoms with van der Waals surface area (Å²) >= 11 is 0. The number of halogens is 6. The minimum atomic E-state index is -5.17. The Morgan fingerprint density at radius 1 is 1.00 bits per heavy atom. The van der Waals surface area contributed by atoms with Crippen LogP contribution < -0.4 is 15.4 Å². The normalized spacial score (nSPS) is 19.0. The van der Waals surface area contributed by atoms with Crippen molar-refractivity contribution in [2.24, 2.45) is 0 Å². The van der Waals surface area contributed by atoms with Crippen molar-refractivity contribution < 1.29 is 39.6 Å². The molecule has 1 saturated heterocycles. The van der Waals surface area contributed by atoms with Crippen LogP contribution in [0.2, 0.25) is 0 Å². The van der Waals surface area contributed by atoms with Crippen molar-refractivity contribution in [3.63, 3.8) is 0 Å². The molecule has 2 aromatic carbocycles. The molecular formula is C28H34F6N4O3S. The van der Waals surface area contributed by atoms with E-state index in [1.165, 1.54) is 17.6 Å². The molecule has 42 heavy (non-hydrogen) atoms. The van der Waals surface area contributed by atoms with Crippen molar-refractivity contribution >= 4 is 15.9 Å². The number of carbonyl (C=O) groups excluding carboxylic acids is 1. The number of sulfonamides is 1. The Morgan fingerprint density at radius 2 is 1.74 bits per heavy atom. The Labute approximate surface area is 241 Å². The quantitative estimate of drug-likeness (QED) is 0.251. The molecule has 0 aromatic heterocycles. The predicted molar refractivity (Wildman–Crippen MR) is 144 cm³/mol. The van der Waals surface area contributed by atoms with E-state index in [-0.39, 0.29) is 6.07 Å². The molecular weight excluding hydrogens is 586 g/mol. The third kappa shape index (κ3) is 8.68. The number of nitrogens with zero attached hydrogens (tertiary/aromatic N) is 1. The highest BCUT2D eigenvalue weighted by molar-refractivity contribution is 7.89. The Hall–Kier alpha value is -2.68. The van der Waals surface area contributed by atoms with Crippen LogP contribution in [0.15, 0.2) is 47.4 Å². The second-order valence-corrected chi connectivity index (χ2v) is 12.4. The Bertz CT molecular complexity index is 1340. The first kappa shape index (κ1) is 32.2. The standard InChI is InChI=1S/C28H34F6N4O3S/c29-27(30,31)21-6-4-7-22(16-21)42(40,41)37-25(28(32,33)34)17-26(39)36-24-8-3-5-20-15-19(9-10-23(20)24)18-35-11-14-38-12-1-2-13-38/h4,6-7,9-10,15-16,24-25,35,37H,1-3,5,8,11-14,17-18H2,(H,36,39)/t24-,25+/m1/s1. The Morgan fingerprint density at radius 3 is 2.43 bits per heavy atom. The maximum atomic E-state index is 13.8. The molecule has 1 heterocycles. The molecule has 1 aliphatic carbocycles. The molecule has 14 heteroatoms. The highest BCUT2D eigenvalue weighted by Gasteiger charge is 2.44. The third-order valence-electron chi connectivity index (χ3n) is 7.54. The van der Waals surface area contributed by atoms with Crippen LogP contribution in [0.25, 0.3) is 0 Å². The molecule has 0 bridgehead atoms. The van der Waals surface area contributed by atoms with Gasteiger partial charge in [0.2, 0.25) is 15.9 Å². The number of hydrogen-bond acceptors (Lipinski definition) is 5. The van der Waals surface area contributed by atoms with E-state index in [1.807, 2.05) is 18.2 Å². The van der Waals surface area contributed by atoms with E-state index in [2.05, 4.69) is 15.5 Å². The van der Waals surface area contributed by atoms with Gasteiger partial charge in [0, 0.05) is 19.6 Å². The molecule has 0 unspecified atom stereocenters. The number of amides is 1. The second kappa shape index (κ2) is 13.3. The van der Waals surface area contributed by atoms with Gasteiger partial charge in [0.25, 0.3) is 0 Å². The summed E-state index contributed by atoms with van der Waals surface area (Å²) in [7, 11) is -5.03. The van der Waals surface area contributed by atoms with Gasteiger partial charge in [-0.1, -0.05) is 24.3 Å². The monoisotopic (exact) mass is 620 g/mol. The summed E-state index contributed by atoms with van der Waals surface area (Å²) in [6.45, 7) is 4.75. The summed E-state index contributed by atoms with van der Waals surface area (Å²) in [5.74, 6) is -1.03. The van der Waals surface area contributed by atoms with Gasteiger partial charge >= 0.3 is 12.4 Å². The highest BCUT2D eigenvalue weighted by Crippen LogP contribution is 2.33. The lowest BCUT2D eigenvalue weighted by molar-refractivity contribution is -0.158. The summed E-state index contributed by atoms with van der Waals surface area (Å²) in [6.07, 6.45) is -6.92. The SMILES string of the molecule is O=C(C[C@H](NS(=O)(=O)c1cccc(C(F)(F)F)c1)C(F)(F)F)N[C@@H]1CCCc2cc(CNCCN3CCCC3)ccc21. The number of likely N-dealkylation sites (tertiary alicyclic amines) is 1. The van der Waals surface area contributed by atoms with E-state index < -0.39 is 57.2 Å². The third-order valence-corrected chi connectivity index (χ3v) is 9.01. The number of rotatable bonds is 11. The molecule has 1 amide bonds. The summed E-state index contributed by atoms with van der Waals surface area (Å²) in [6, 6.07) is 4.78. The average molecular weight is 621 g/mol. The second-order valence-electron chi connectivity index (χ2n) is 10.7. The topological polar surface area (TPSA) is 90.5 Å². The maximum absolute atomic E-state index is 13.8. The molecule has 2 aromatic rings. The molecule has 7 nitrogen and oxygen atoms in total. The number of nitrogens with one attached hydrogen (secondary N) is 3. The van der Waals surface area contributed by atoms with Crippen LogP contribution in [0.4, 0.5) is 26.3 Å². The molecule has 1 fully saturated rings. The van der Waals surface area contributed by atoms with Crippen molar-refractivity contribution in [3.05, 3.63) is 64.7 Å². The van der Waals surface area contributed by atoms with Gasteiger partial charge in [-0.05, 0) is 80.1 Å². The average Bonchev–Trinajstić information content (AvgIpc) is 3.43. The maximum Gasteiger partial charge on any atom is 0.416 e. The number of fused-ring (bicyclic) bond motifs is 1. The zero-order valence-corrected chi connectivity index (χ0v) is 23.6. The van der Waals surface area contributed by atoms with E-state index in [0.717, 1.165) is 61.4 Å². The van der Waals surface area contributed by atoms with Crippen LogP contribution in [0, 0.1) is 0 Å². The molecule has 232 valence electrons. The molecule has 0 spiro atoms. The van der Waals surface area contributed by atoms with Crippen molar-refractivity contribution in [1.29, 1.82) is 0 Å². The molecule has 2 atom stereocenters. The van der Waals surface area contributed by atoms with E-state index in [0.29, 0.717) is 25.5 Å². The van der Waals surface area contributed by atoms with Gasteiger partial charge in [0.1, 0.15) is 6.04 Å². The fraction of sp³-hybridized carbons (Fsp3) is 0.536. The Kier molecular flexibility index (Phi) is 10.2. The Balaban J connectivity index is 1.38. The largest absolute Gasteiger partial charge is 0.416 e. The number of aryl methyl sites for hydroxylation is 1. The van der Waals surface area contributed by atoms with Crippen molar-refractivity contribution in [1.82, 2.24) is 20.3 Å². The molecule has 3 N–H and O–H groups in total. The number of carbonyl (C=O) groups is 1. The zero-order chi connectivity index (χ0) is 30.5. The highest BCUT2D eigenvalue weighted by atomic mass is 32.2. The molecule has 0 saturated carbocycles. The lowest BCUT2D eigenvalue weighted by Crippen LogP contribution is -2.48. The van der Waals surface area contributed by atoms with E-state index in [1.54, 1.807) is 0 Å². The first-order chi connectivity index (χ1) is 19.7. The zero-order valence-electron chi connectivity index (χ0n) is 22.8. The van der Waals surface area contributed by atoms with Gasteiger partial charge < -0.3 is 15.5 Å². The smallest absolute Gasteiger partial charge is 0.349 e. The minimum absolute atomic E-state index is 0.242. The molecule has 1 aliphatic heterocycles. The first-order valence-electron chi connectivity index (χ1n) is 13.8. The van der Waals surface area contributed by atoms with Crippen molar-refractivity contribution in [2.45, 2.75) is 74.4 Å². The van der Waals surface area contributed by atoms with Gasteiger partial charge in [-0.3, -0.25) is 4.79 Å². The molecule has 0 radical (unpaired) electrons. The van der Waals surface area contributed by atoms with Crippen LogP contribution in [0.5, 0.6) is 0 Å². The van der Waals surface area contributed by atoms with Gasteiger partial charge in [-0.25, -0.2) is 8.42 Å². The number of hydrogen-bond donors (Lipinski definition) is 3. The molecule has 4 rings (SSSR count). The van der Waals surface area contributed by atoms with Crippen LogP contribution in [-0.4, -0.2) is 57.6 Å². The number of benzene rings is 2. The number of alkyl halides is 6. The fourth-order valence-electron chi connectivity index (χ4n) is 5.36. The van der Waals surface area contributed by atoms with E-state index in [4.69, 9.17) is 0 Å². The summed E-state index contributed by atoms with van der Waals surface area (Å²) in [5, 5.41) is 6.02. The van der Waals surface area contributed by atoms with E-state index in [9.17, 15) is 39.6 Å². The van der Waals surface area contributed by atoms with Crippen LogP contribution in [0.1, 0.15) is 60.4 Å². The van der Waals surface area contributed by atoms with Gasteiger partial charge in [0.05, 0.1) is 22.9 Å². The lowest BCUT2D eigenvalue weighted by Gasteiger charge is -2.28. The predicted octanol–water partition coefficient (Wildman–Crippen LogP) is 4.68. The summed E-state index contributed by atoms with van der Waals surface area (Å²) in [5.41, 5.74) is 1.51. The van der Waals surface area contributed by atoms with Crippen molar-refractivity contribution in [3.8, 4) is 0 Å². The van der Waals surface area contributed by atoms with Crippen molar-refractivity contribution in [2.75, 3.05) is 26.2 Å². The van der Waals surface area contributed by atoms with Crippen LogP contribution in [-0.2, 0) is 34.0 Å². The van der Waals surface area contributed by atoms with Gasteiger partial charge in [-0.2, -0.15) is 31.1 Å². The van der Waals surface area contributed by atoms with E-state index >= 15 is 0 Å².